The summed E-state index contributed by atoms with van der Waals surface area (Å²) in [6.45, 7) is 14.3. The van der Waals surface area contributed by atoms with Crippen LogP contribution in [0.4, 0.5) is 0 Å². The van der Waals surface area contributed by atoms with Crippen molar-refractivity contribution in [2.45, 2.75) is 82.7 Å². The Kier molecular flexibility index (Phi) is 14.3. The van der Waals surface area contributed by atoms with E-state index in [2.05, 4.69) is 45.3 Å². The highest BCUT2D eigenvalue weighted by Gasteiger charge is 2.31. The lowest BCUT2D eigenvalue weighted by atomic mass is 9.97. The van der Waals surface area contributed by atoms with E-state index in [-0.39, 0.29) is 31.7 Å². The number of methoxy groups -OCH3 is 1. The minimum absolute atomic E-state index is 0.0864. The van der Waals surface area contributed by atoms with Crippen molar-refractivity contribution in [2.75, 3.05) is 39.5 Å². The number of sulfonamides is 1. The molecule has 0 aromatic heterocycles. The molecule has 0 saturated heterocycles. The first-order chi connectivity index (χ1) is 23.6. The van der Waals surface area contributed by atoms with Gasteiger partial charge < -0.3 is 23.7 Å². The van der Waals surface area contributed by atoms with Gasteiger partial charge in [0.1, 0.15) is 36.8 Å². The third kappa shape index (κ3) is 12.6. The van der Waals surface area contributed by atoms with Crippen molar-refractivity contribution in [3.05, 3.63) is 89.5 Å². The van der Waals surface area contributed by atoms with Gasteiger partial charge in [-0.25, -0.2) is 8.42 Å². The molecule has 4 rings (SSSR count). The van der Waals surface area contributed by atoms with Gasteiger partial charge in [0.25, 0.3) is 0 Å². The number of hydrogen-bond acceptors (Lipinski definition) is 8. The lowest BCUT2D eigenvalue weighted by molar-refractivity contribution is -0.140. The number of ether oxygens (including phenoxy) is 5. The molecule has 3 aromatic rings. The number of carbonyl (C=O) groups excluding carboxylic acids is 1. The van der Waals surface area contributed by atoms with E-state index >= 15 is 0 Å². The van der Waals surface area contributed by atoms with Crippen molar-refractivity contribution in [1.29, 1.82) is 0 Å². The lowest BCUT2D eigenvalue weighted by Crippen LogP contribution is -2.39. The average molecular weight is 742 g/mol. The van der Waals surface area contributed by atoms with Crippen LogP contribution in [0.2, 0.25) is 51.4 Å². The number of hydrogen-bond donors (Lipinski definition) is 0. The van der Waals surface area contributed by atoms with Crippen molar-refractivity contribution in [3.63, 3.8) is 0 Å². The van der Waals surface area contributed by atoms with E-state index in [0.717, 1.165) is 47.6 Å². The maximum Gasteiger partial charge on any atom is 0.306 e. The molecule has 0 spiro atoms. The molecule has 1 unspecified atom stereocenters. The van der Waals surface area contributed by atoms with Crippen molar-refractivity contribution in [3.8, 4) is 17.2 Å². The molecule has 12 heteroatoms. The molecular weight excluding hydrogens is 687 g/mol. The number of nitrogens with zero attached hydrogens (tertiary/aromatic N) is 1. The molecular formula is C38H55NO8SSi2. The zero-order chi connectivity index (χ0) is 36.4. The fourth-order valence-electron chi connectivity index (χ4n) is 5.60. The molecule has 9 nitrogen and oxygen atoms in total. The molecule has 3 aromatic carbocycles. The molecule has 0 heterocycles. The second kappa shape index (κ2) is 18.0. The minimum Gasteiger partial charge on any atom is -0.486 e. The molecule has 1 aliphatic carbocycles. The number of carbonyl (C=O) groups is 1. The first-order valence-electron chi connectivity index (χ1n) is 17.4. The summed E-state index contributed by atoms with van der Waals surface area (Å²) in [5.74, 6) is 0.866. The fraction of sp³-hybridized carbons (Fsp3) is 0.500. The van der Waals surface area contributed by atoms with Gasteiger partial charge in [-0.2, -0.15) is 4.31 Å². The second-order valence-corrected chi connectivity index (χ2v) is 28.6. The van der Waals surface area contributed by atoms with Gasteiger partial charge in [-0.1, -0.05) is 81.7 Å². The van der Waals surface area contributed by atoms with Crippen LogP contribution in [0.3, 0.4) is 0 Å². The molecule has 0 saturated carbocycles. The molecule has 0 fully saturated rings. The van der Waals surface area contributed by atoms with Crippen LogP contribution in [0.25, 0.3) is 0 Å². The van der Waals surface area contributed by atoms with Gasteiger partial charge in [-0.05, 0) is 66.4 Å². The van der Waals surface area contributed by atoms with E-state index in [4.69, 9.17) is 23.7 Å². The summed E-state index contributed by atoms with van der Waals surface area (Å²) in [5, 5.41) is 0. The molecule has 1 aliphatic rings. The van der Waals surface area contributed by atoms with Crippen LogP contribution in [0.15, 0.2) is 72.8 Å². The van der Waals surface area contributed by atoms with Gasteiger partial charge in [-0.15, -0.1) is 0 Å². The minimum atomic E-state index is -3.89. The van der Waals surface area contributed by atoms with E-state index in [1.807, 2.05) is 66.7 Å². The normalized spacial score (nSPS) is 15.5. The molecule has 0 bridgehead atoms. The van der Waals surface area contributed by atoms with Gasteiger partial charge in [0.15, 0.2) is 0 Å². The SMILES string of the molecule is COC(=O)CC(CS(=O)(=O)N(COCC[Si](C)(C)C)COCC[Si](C)(C)C)c1ccc(O[C@@H]2CCc3c(Oc4ccccc4)cccc32)cc1. The summed E-state index contributed by atoms with van der Waals surface area (Å²) in [5.41, 5.74) is 2.94. The highest BCUT2D eigenvalue weighted by molar-refractivity contribution is 7.89. The maximum absolute atomic E-state index is 13.9. The van der Waals surface area contributed by atoms with E-state index in [9.17, 15) is 13.2 Å². The molecule has 0 amide bonds. The lowest BCUT2D eigenvalue weighted by Gasteiger charge is -2.26. The number of rotatable bonds is 20. The summed E-state index contributed by atoms with van der Waals surface area (Å²) < 4.78 is 58.5. The van der Waals surface area contributed by atoms with Crippen LogP contribution in [0.1, 0.15) is 41.6 Å². The highest BCUT2D eigenvalue weighted by Crippen LogP contribution is 2.41. The molecule has 0 aliphatic heterocycles. The Labute approximate surface area is 301 Å². The molecule has 0 N–H and O–H groups in total. The van der Waals surface area contributed by atoms with E-state index < -0.39 is 38.1 Å². The molecule has 2 atom stereocenters. The number of benzene rings is 3. The predicted octanol–water partition coefficient (Wildman–Crippen LogP) is 8.45. The van der Waals surface area contributed by atoms with Crippen molar-refractivity contribution in [2.24, 2.45) is 0 Å². The Bertz CT molecular complexity index is 1600. The monoisotopic (exact) mass is 741 g/mol. The van der Waals surface area contributed by atoms with Crippen LogP contribution >= 0.6 is 0 Å². The Morgan fingerprint density at radius 1 is 0.820 bits per heavy atom. The predicted molar refractivity (Wildman–Crippen MR) is 204 cm³/mol. The summed E-state index contributed by atoms with van der Waals surface area (Å²) in [4.78, 5) is 12.5. The van der Waals surface area contributed by atoms with Crippen LogP contribution in [-0.4, -0.2) is 74.4 Å². The zero-order valence-electron chi connectivity index (χ0n) is 30.8. The topological polar surface area (TPSA) is 101 Å². The summed E-state index contributed by atoms with van der Waals surface area (Å²) in [6.07, 6.45) is 1.42. The third-order valence-electron chi connectivity index (χ3n) is 8.68. The van der Waals surface area contributed by atoms with Crippen molar-refractivity contribution in [1.82, 2.24) is 4.31 Å². The molecule has 274 valence electrons. The van der Waals surface area contributed by atoms with Crippen molar-refractivity contribution < 1.29 is 36.9 Å². The first-order valence-corrected chi connectivity index (χ1v) is 26.5. The van der Waals surface area contributed by atoms with E-state index in [1.54, 1.807) is 0 Å². The Morgan fingerprint density at radius 2 is 1.44 bits per heavy atom. The van der Waals surface area contributed by atoms with Gasteiger partial charge in [0, 0.05) is 40.8 Å². The zero-order valence-corrected chi connectivity index (χ0v) is 33.6. The van der Waals surface area contributed by atoms with Gasteiger partial charge >= 0.3 is 5.97 Å². The Balaban J connectivity index is 1.46. The molecule has 50 heavy (non-hydrogen) atoms. The summed E-state index contributed by atoms with van der Waals surface area (Å²) in [6, 6.07) is 25.0. The first kappa shape index (κ1) is 39.8. The highest BCUT2D eigenvalue weighted by atomic mass is 32.2. The largest absolute Gasteiger partial charge is 0.486 e. The average Bonchev–Trinajstić information content (AvgIpc) is 3.46. The van der Waals surface area contributed by atoms with Crippen LogP contribution < -0.4 is 9.47 Å². The fourth-order valence-corrected chi connectivity index (χ4v) is 8.62. The third-order valence-corrected chi connectivity index (χ3v) is 13.9. The van der Waals surface area contributed by atoms with Crippen LogP contribution in [-0.2, 0) is 35.4 Å². The van der Waals surface area contributed by atoms with E-state index in [0.29, 0.717) is 24.5 Å². The number of esters is 1. The Morgan fingerprint density at radius 3 is 2.02 bits per heavy atom. The van der Waals surface area contributed by atoms with Gasteiger partial charge in [-0.3, -0.25) is 4.79 Å². The van der Waals surface area contributed by atoms with Gasteiger partial charge in [0.05, 0.1) is 19.3 Å². The summed E-state index contributed by atoms with van der Waals surface area (Å²) in [7, 11) is -5.30. The smallest absolute Gasteiger partial charge is 0.306 e. The summed E-state index contributed by atoms with van der Waals surface area (Å²) >= 11 is 0. The van der Waals surface area contributed by atoms with Crippen LogP contribution in [0, 0.1) is 0 Å². The Hall–Kier alpha value is -3.01. The van der Waals surface area contributed by atoms with Gasteiger partial charge in [0.2, 0.25) is 10.0 Å². The maximum atomic E-state index is 13.9. The van der Waals surface area contributed by atoms with Crippen molar-refractivity contribution >= 4 is 32.1 Å². The number of fused-ring (bicyclic) bond motifs is 1. The van der Waals surface area contributed by atoms with E-state index in [1.165, 1.54) is 11.4 Å². The van der Waals surface area contributed by atoms with Crippen LogP contribution in [0.5, 0.6) is 17.2 Å². The molecule has 0 radical (unpaired) electrons. The standard InChI is InChI=1S/C38H55NO8SSi2/c1-43-38(40)26-31(27-48(41,42)39(28-44-22-24-49(2,3)4)29-45-23-25-50(5,6)7)30-16-18-33(19-17-30)47-37-21-20-35-34(37)14-11-15-36(35)46-32-12-9-8-10-13-32/h8-19,31,37H,20-29H2,1-7H3/t31?,37-/m1/s1. The second-order valence-electron chi connectivity index (χ2n) is 15.4. The quantitative estimate of drug-likeness (QED) is 0.0493. The number of para-hydroxylation sites is 1.